The van der Waals surface area contributed by atoms with Crippen LogP contribution >= 0.6 is 0 Å². The average molecular weight is 353 g/mol. The van der Waals surface area contributed by atoms with E-state index in [2.05, 4.69) is 4.90 Å². The number of halogens is 1. The van der Waals surface area contributed by atoms with Gasteiger partial charge in [0.1, 0.15) is 11.4 Å². The maximum atomic E-state index is 13.4. The van der Waals surface area contributed by atoms with Crippen molar-refractivity contribution in [1.29, 1.82) is 0 Å². The Kier molecular flexibility index (Phi) is 5.10. The molecule has 2 aromatic rings. The molecule has 4 rings (SSSR count). The molecule has 3 heteroatoms. The maximum Gasteiger partial charge on any atom is 0.123 e. The van der Waals surface area contributed by atoms with Gasteiger partial charge < -0.3 is 10.0 Å². The van der Waals surface area contributed by atoms with Gasteiger partial charge in [-0.3, -0.25) is 0 Å². The van der Waals surface area contributed by atoms with Crippen molar-refractivity contribution in [2.75, 3.05) is 19.6 Å². The first-order valence-corrected chi connectivity index (χ1v) is 9.90. The molecule has 0 aromatic heterocycles. The van der Waals surface area contributed by atoms with E-state index in [1.165, 1.54) is 37.8 Å². The Morgan fingerprint density at radius 2 is 1.62 bits per heavy atom. The van der Waals surface area contributed by atoms with Gasteiger partial charge in [0, 0.05) is 13.1 Å². The molecule has 1 saturated heterocycles. The summed E-state index contributed by atoms with van der Waals surface area (Å²) in [4.78, 5) is 2.53. The summed E-state index contributed by atoms with van der Waals surface area (Å²) in [6.45, 7) is 3.16. The second kappa shape index (κ2) is 7.50. The third-order valence-electron chi connectivity index (χ3n) is 6.38. The van der Waals surface area contributed by atoms with Crippen molar-refractivity contribution >= 4 is 0 Å². The molecule has 26 heavy (non-hydrogen) atoms. The number of hydrogen-bond donors (Lipinski definition) is 1. The minimum absolute atomic E-state index is 0.271. The summed E-state index contributed by atoms with van der Waals surface area (Å²) in [5, 5.41) is 11.6. The van der Waals surface area contributed by atoms with Crippen molar-refractivity contribution in [3.63, 3.8) is 0 Å². The second-order valence-corrected chi connectivity index (χ2v) is 8.12. The molecule has 3 atom stereocenters. The lowest BCUT2D eigenvalue weighted by atomic mass is 9.83. The molecule has 2 bridgehead atoms. The number of fused-ring (bicyclic) bond motifs is 2. The first-order valence-electron chi connectivity index (χ1n) is 9.90. The summed E-state index contributed by atoms with van der Waals surface area (Å²) in [7, 11) is 0. The lowest BCUT2D eigenvalue weighted by Crippen LogP contribution is -2.36. The number of rotatable bonds is 5. The molecule has 1 saturated carbocycles. The number of likely N-dealkylation sites (tertiary alicyclic amines) is 1. The Labute approximate surface area is 155 Å². The highest BCUT2D eigenvalue weighted by Gasteiger charge is 2.34. The molecule has 2 aromatic carbocycles. The average Bonchev–Trinajstić information content (AvgIpc) is 3.01. The third kappa shape index (κ3) is 3.70. The smallest absolute Gasteiger partial charge is 0.123 e. The second-order valence-electron chi connectivity index (χ2n) is 8.12. The highest BCUT2D eigenvalue weighted by atomic mass is 19.1. The Balaban J connectivity index is 1.54. The fourth-order valence-corrected chi connectivity index (χ4v) is 4.85. The molecule has 1 aliphatic heterocycles. The van der Waals surface area contributed by atoms with Crippen LogP contribution in [-0.4, -0.2) is 29.6 Å². The summed E-state index contributed by atoms with van der Waals surface area (Å²) in [5.74, 6) is 1.47. The third-order valence-corrected chi connectivity index (χ3v) is 6.38. The largest absolute Gasteiger partial charge is 0.380 e. The van der Waals surface area contributed by atoms with Crippen LogP contribution in [-0.2, 0) is 5.60 Å². The Hall–Kier alpha value is -1.71. The lowest BCUT2D eigenvalue weighted by Gasteiger charge is -2.33. The van der Waals surface area contributed by atoms with E-state index in [9.17, 15) is 9.50 Å². The van der Waals surface area contributed by atoms with Crippen molar-refractivity contribution in [3.05, 3.63) is 71.5 Å². The molecule has 1 aliphatic carbocycles. The fraction of sp³-hybridized carbons (Fsp3) is 0.478. The molecule has 2 aliphatic rings. The van der Waals surface area contributed by atoms with Crippen molar-refractivity contribution in [1.82, 2.24) is 4.90 Å². The standard InChI is InChI=1S/C23H28FNO/c24-22-10-8-21(9-11-22)23(26,20-4-2-1-3-5-20)13-15-25-14-12-18-6-7-19(16-18)17-25/h1-5,8-11,18-19,26H,6-7,12-17H2. The van der Waals surface area contributed by atoms with Crippen LogP contribution in [0.3, 0.4) is 0 Å². The molecular weight excluding hydrogens is 325 g/mol. The molecule has 3 unspecified atom stereocenters. The quantitative estimate of drug-likeness (QED) is 0.851. The van der Waals surface area contributed by atoms with Gasteiger partial charge in [0.2, 0.25) is 0 Å². The molecule has 138 valence electrons. The summed E-state index contributed by atoms with van der Waals surface area (Å²) in [6, 6.07) is 16.1. The van der Waals surface area contributed by atoms with E-state index in [1.54, 1.807) is 12.1 Å². The molecule has 2 nitrogen and oxygen atoms in total. The maximum absolute atomic E-state index is 13.4. The van der Waals surface area contributed by atoms with Gasteiger partial charge in [0.05, 0.1) is 0 Å². The summed E-state index contributed by atoms with van der Waals surface area (Å²) in [6.07, 6.45) is 6.07. The number of benzene rings is 2. The van der Waals surface area contributed by atoms with E-state index in [0.29, 0.717) is 6.42 Å². The first kappa shape index (κ1) is 17.7. The molecule has 1 N–H and O–H groups in total. The fourth-order valence-electron chi connectivity index (χ4n) is 4.85. The van der Waals surface area contributed by atoms with Crippen molar-refractivity contribution in [2.45, 2.75) is 37.7 Å². The van der Waals surface area contributed by atoms with Gasteiger partial charge in [-0.25, -0.2) is 4.39 Å². The molecule has 2 fully saturated rings. The molecule has 0 spiro atoms. The normalized spacial score (nSPS) is 25.6. The number of aliphatic hydroxyl groups is 1. The Morgan fingerprint density at radius 3 is 2.38 bits per heavy atom. The zero-order valence-electron chi connectivity index (χ0n) is 15.3. The monoisotopic (exact) mass is 353 g/mol. The minimum Gasteiger partial charge on any atom is -0.380 e. The topological polar surface area (TPSA) is 23.5 Å². The van der Waals surface area contributed by atoms with Crippen LogP contribution in [0.2, 0.25) is 0 Å². The van der Waals surface area contributed by atoms with Crippen LogP contribution < -0.4 is 0 Å². The Bertz CT molecular complexity index is 717. The van der Waals surface area contributed by atoms with Gasteiger partial charge in [-0.05, 0) is 67.3 Å². The summed E-state index contributed by atoms with van der Waals surface area (Å²) in [5.41, 5.74) is 0.560. The summed E-state index contributed by atoms with van der Waals surface area (Å²) < 4.78 is 13.4. The number of nitrogens with zero attached hydrogens (tertiary/aromatic N) is 1. The zero-order valence-corrected chi connectivity index (χ0v) is 15.3. The molecular formula is C23H28FNO. The van der Waals surface area contributed by atoms with Gasteiger partial charge in [-0.1, -0.05) is 48.9 Å². The highest BCUT2D eigenvalue weighted by molar-refractivity contribution is 5.36. The minimum atomic E-state index is -1.08. The molecule has 0 radical (unpaired) electrons. The van der Waals surface area contributed by atoms with Crippen LogP contribution in [0.25, 0.3) is 0 Å². The van der Waals surface area contributed by atoms with E-state index < -0.39 is 5.60 Å². The Morgan fingerprint density at radius 1 is 0.923 bits per heavy atom. The van der Waals surface area contributed by atoms with Crippen molar-refractivity contribution < 1.29 is 9.50 Å². The van der Waals surface area contributed by atoms with E-state index in [-0.39, 0.29) is 5.82 Å². The van der Waals surface area contributed by atoms with E-state index in [1.807, 2.05) is 30.3 Å². The predicted octanol–water partition coefficient (Wildman–Crippen LogP) is 4.57. The van der Waals surface area contributed by atoms with E-state index in [4.69, 9.17) is 0 Å². The van der Waals surface area contributed by atoms with Crippen molar-refractivity contribution in [2.24, 2.45) is 11.8 Å². The zero-order chi connectivity index (χ0) is 18.0. The lowest BCUT2D eigenvalue weighted by molar-refractivity contribution is 0.0553. The van der Waals surface area contributed by atoms with Crippen LogP contribution in [0.15, 0.2) is 54.6 Å². The van der Waals surface area contributed by atoms with Gasteiger partial charge in [-0.15, -0.1) is 0 Å². The van der Waals surface area contributed by atoms with Gasteiger partial charge in [-0.2, -0.15) is 0 Å². The first-order chi connectivity index (χ1) is 12.6. The van der Waals surface area contributed by atoms with Gasteiger partial charge >= 0.3 is 0 Å². The number of hydrogen-bond acceptors (Lipinski definition) is 2. The predicted molar refractivity (Wildman–Crippen MR) is 102 cm³/mol. The van der Waals surface area contributed by atoms with E-state index >= 15 is 0 Å². The molecule has 1 heterocycles. The SMILES string of the molecule is OC(CCN1CCC2CCC(C2)C1)(c1ccccc1)c1ccc(F)cc1. The van der Waals surface area contributed by atoms with Crippen LogP contribution in [0.1, 0.15) is 43.2 Å². The van der Waals surface area contributed by atoms with Crippen molar-refractivity contribution in [3.8, 4) is 0 Å². The highest BCUT2D eigenvalue weighted by Crippen LogP contribution is 2.38. The van der Waals surface area contributed by atoms with Gasteiger partial charge in [0.25, 0.3) is 0 Å². The summed E-state index contributed by atoms with van der Waals surface area (Å²) >= 11 is 0. The molecule has 0 amide bonds. The van der Waals surface area contributed by atoms with E-state index in [0.717, 1.165) is 42.6 Å². The van der Waals surface area contributed by atoms with Crippen LogP contribution in [0.4, 0.5) is 4.39 Å². The van der Waals surface area contributed by atoms with Crippen LogP contribution in [0, 0.1) is 17.7 Å². The van der Waals surface area contributed by atoms with Crippen LogP contribution in [0.5, 0.6) is 0 Å². The van der Waals surface area contributed by atoms with Gasteiger partial charge in [0.15, 0.2) is 0 Å².